The van der Waals surface area contributed by atoms with E-state index in [4.69, 9.17) is 27.9 Å². The number of rotatable bonds is 4. The van der Waals surface area contributed by atoms with E-state index < -0.39 is 5.97 Å². The van der Waals surface area contributed by atoms with Gasteiger partial charge in [-0.05, 0) is 17.7 Å². The first-order valence-corrected chi connectivity index (χ1v) is 7.68. The fourth-order valence-corrected chi connectivity index (χ4v) is 2.48. The summed E-state index contributed by atoms with van der Waals surface area (Å²) < 4.78 is 7.82. The van der Waals surface area contributed by atoms with Crippen molar-refractivity contribution in [1.29, 1.82) is 0 Å². The van der Waals surface area contributed by atoms with Gasteiger partial charge in [0, 0.05) is 7.05 Å². The van der Waals surface area contributed by atoms with Crippen LogP contribution in [0.25, 0.3) is 11.0 Å². The largest absolute Gasteiger partial charge is 0.459 e. The summed E-state index contributed by atoms with van der Waals surface area (Å²) in [5.74, 6) is -0.562. The molecular formula is C15H12Cl2N4O3. The molecule has 9 heteroatoms. The molecule has 0 fully saturated rings. The molecule has 0 spiro atoms. The van der Waals surface area contributed by atoms with Gasteiger partial charge >= 0.3 is 5.97 Å². The first-order chi connectivity index (χ1) is 11.5. The van der Waals surface area contributed by atoms with Crippen molar-refractivity contribution in [2.75, 3.05) is 0 Å². The standard InChI is InChI=1S/C15H12Cl2N4O3/c1-20-14-10(5-19-20)15(23)21(8-18-14)6-13(22)24-7-9-2-3-11(16)12(17)4-9/h2-5,8H,6-7H2,1H3. The maximum absolute atomic E-state index is 12.3. The number of halogens is 2. The Kier molecular flexibility index (Phi) is 4.55. The van der Waals surface area contributed by atoms with Crippen molar-refractivity contribution >= 4 is 40.2 Å². The maximum Gasteiger partial charge on any atom is 0.326 e. The third-order valence-electron chi connectivity index (χ3n) is 3.40. The Morgan fingerprint density at radius 1 is 1.29 bits per heavy atom. The molecule has 0 aliphatic rings. The molecule has 0 bridgehead atoms. The highest BCUT2D eigenvalue weighted by Crippen LogP contribution is 2.22. The number of fused-ring (bicyclic) bond motifs is 1. The number of esters is 1. The van der Waals surface area contributed by atoms with Crippen LogP contribution in [0.2, 0.25) is 10.0 Å². The lowest BCUT2D eigenvalue weighted by Crippen LogP contribution is -2.25. The van der Waals surface area contributed by atoms with E-state index in [1.165, 1.54) is 21.8 Å². The summed E-state index contributed by atoms with van der Waals surface area (Å²) in [7, 11) is 1.69. The van der Waals surface area contributed by atoms with E-state index in [1.807, 2.05) is 0 Å². The fourth-order valence-electron chi connectivity index (χ4n) is 2.16. The number of nitrogens with zero attached hydrogens (tertiary/aromatic N) is 4. The van der Waals surface area contributed by atoms with Gasteiger partial charge in [0.1, 0.15) is 24.9 Å². The molecule has 124 valence electrons. The minimum Gasteiger partial charge on any atom is -0.459 e. The summed E-state index contributed by atoms with van der Waals surface area (Å²) in [6, 6.07) is 4.95. The Morgan fingerprint density at radius 2 is 2.08 bits per heavy atom. The molecule has 1 aromatic carbocycles. The molecule has 2 heterocycles. The molecule has 0 saturated heterocycles. The molecule has 0 aliphatic heterocycles. The normalized spacial score (nSPS) is 11.0. The third kappa shape index (κ3) is 3.27. The van der Waals surface area contributed by atoms with E-state index in [0.29, 0.717) is 26.6 Å². The third-order valence-corrected chi connectivity index (χ3v) is 4.14. The quantitative estimate of drug-likeness (QED) is 0.661. The summed E-state index contributed by atoms with van der Waals surface area (Å²) in [6.07, 6.45) is 2.72. The van der Waals surface area contributed by atoms with Gasteiger partial charge in [0.05, 0.1) is 16.2 Å². The molecule has 24 heavy (non-hydrogen) atoms. The highest BCUT2D eigenvalue weighted by atomic mass is 35.5. The molecule has 3 rings (SSSR count). The maximum atomic E-state index is 12.3. The highest BCUT2D eigenvalue weighted by Gasteiger charge is 2.12. The van der Waals surface area contributed by atoms with Crippen molar-refractivity contribution < 1.29 is 9.53 Å². The molecule has 0 amide bonds. The Hall–Kier alpha value is -2.38. The zero-order valence-corrected chi connectivity index (χ0v) is 14.1. The molecule has 0 unspecified atom stereocenters. The smallest absolute Gasteiger partial charge is 0.326 e. The Morgan fingerprint density at radius 3 is 2.83 bits per heavy atom. The van der Waals surface area contributed by atoms with E-state index >= 15 is 0 Å². The summed E-state index contributed by atoms with van der Waals surface area (Å²) in [5.41, 5.74) is 0.811. The van der Waals surface area contributed by atoms with Crippen LogP contribution in [-0.2, 0) is 29.7 Å². The lowest BCUT2D eigenvalue weighted by molar-refractivity contribution is -0.145. The zero-order chi connectivity index (χ0) is 17.3. The molecule has 0 saturated carbocycles. The van der Waals surface area contributed by atoms with Gasteiger partial charge in [-0.3, -0.25) is 18.8 Å². The molecule has 0 N–H and O–H groups in total. The average Bonchev–Trinajstić information content (AvgIpc) is 2.93. The molecule has 0 aliphatic carbocycles. The summed E-state index contributed by atoms with van der Waals surface area (Å²) in [6.45, 7) is -0.203. The van der Waals surface area contributed by atoms with Crippen LogP contribution in [0.1, 0.15) is 5.56 Å². The van der Waals surface area contributed by atoms with E-state index in [1.54, 1.807) is 25.2 Å². The van der Waals surface area contributed by atoms with Crippen molar-refractivity contribution in [3.63, 3.8) is 0 Å². The Balaban J connectivity index is 1.69. The van der Waals surface area contributed by atoms with Gasteiger partial charge in [-0.25, -0.2) is 4.98 Å². The SMILES string of the molecule is Cn1ncc2c(=O)n(CC(=O)OCc3ccc(Cl)c(Cl)c3)cnc21. The number of aryl methyl sites for hydroxylation is 1. The lowest BCUT2D eigenvalue weighted by Gasteiger charge is -2.07. The van der Waals surface area contributed by atoms with E-state index in [0.717, 1.165) is 0 Å². The molecule has 2 aromatic heterocycles. The second-order valence-electron chi connectivity index (χ2n) is 5.09. The van der Waals surface area contributed by atoms with Crippen molar-refractivity contribution in [2.24, 2.45) is 7.05 Å². The van der Waals surface area contributed by atoms with Crippen molar-refractivity contribution in [2.45, 2.75) is 13.2 Å². The molecule has 0 radical (unpaired) electrons. The van der Waals surface area contributed by atoms with E-state index in [2.05, 4.69) is 10.1 Å². The van der Waals surface area contributed by atoms with Crippen LogP contribution < -0.4 is 5.56 Å². The molecule has 7 nitrogen and oxygen atoms in total. The van der Waals surface area contributed by atoms with Gasteiger partial charge in [0.15, 0.2) is 5.65 Å². The predicted octanol–water partition coefficient (Wildman–Crippen LogP) is 2.18. The second-order valence-corrected chi connectivity index (χ2v) is 5.91. The summed E-state index contributed by atoms with van der Waals surface area (Å²) in [4.78, 5) is 28.3. The number of hydrogen-bond donors (Lipinski definition) is 0. The van der Waals surface area contributed by atoms with Crippen molar-refractivity contribution in [3.05, 3.63) is 56.7 Å². The second kappa shape index (κ2) is 6.62. The first-order valence-electron chi connectivity index (χ1n) is 6.92. The zero-order valence-electron chi connectivity index (χ0n) is 12.6. The van der Waals surface area contributed by atoms with Crippen molar-refractivity contribution in [3.8, 4) is 0 Å². The number of ether oxygens (including phenoxy) is 1. The lowest BCUT2D eigenvalue weighted by atomic mass is 10.2. The summed E-state index contributed by atoms with van der Waals surface area (Å²) in [5, 5.41) is 5.12. The van der Waals surface area contributed by atoms with Crippen LogP contribution in [0.4, 0.5) is 0 Å². The molecule has 0 atom stereocenters. The number of aromatic nitrogens is 4. The van der Waals surface area contributed by atoms with Gasteiger partial charge in [0.2, 0.25) is 0 Å². The van der Waals surface area contributed by atoms with E-state index in [-0.39, 0.29) is 18.7 Å². The first kappa shape index (κ1) is 16.5. The van der Waals surface area contributed by atoms with Gasteiger partial charge in [-0.2, -0.15) is 5.10 Å². The van der Waals surface area contributed by atoms with Crippen LogP contribution in [0.15, 0.2) is 35.5 Å². The monoisotopic (exact) mass is 366 g/mol. The van der Waals surface area contributed by atoms with Crippen LogP contribution in [-0.4, -0.2) is 25.3 Å². The number of hydrogen-bond acceptors (Lipinski definition) is 5. The fraction of sp³-hybridized carbons (Fsp3) is 0.200. The topological polar surface area (TPSA) is 79.0 Å². The average molecular weight is 367 g/mol. The van der Waals surface area contributed by atoms with Crippen molar-refractivity contribution in [1.82, 2.24) is 19.3 Å². The Bertz CT molecular complexity index is 980. The number of carbonyl (C=O) groups excluding carboxylic acids is 1. The minimum atomic E-state index is -0.562. The Labute approximate surface area is 146 Å². The van der Waals surface area contributed by atoms with E-state index in [9.17, 15) is 9.59 Å². The van der Waals surface area contributed by atoms with Crippen LogP contribution in [0, 0.1) is 0 Å². The number of carbonyl (C=O) groups is 1. The van der Waals surface area contributed by atoms with Gasteiger partial charge in [-0.1, -0.05) is 29.3 Å². The van der Waals surface area contributed by atoms with Gasteiger partial charge in [0.25, 0.3) is 5.56 Å². The summed E-state index contributed by atoms with van der Waals surface area (Å²) >= 11 is 11.7. The van der Waals surface area contributed by atoms with Crippen LogP contribution >= 0.6 is 23.2 Å². The van der Waals surface area contributed by atoms with Crippen LogP contribution in [0.3, 0.4) is 0 Å². The predicted molar refractivity (Wildman–Crippen MR) is 89.0 cm³/mol. The molecule has 3 aromatic rings. The van der Waals surface area contributed by atoms with Gasteiger partial charge < -0.3 is 4.74 Å². The molecular weight excluding hydrogens is 355 g/mol. The number of benzene rings is 1. The highest BCUT2D eigenvalue weighted by molar-refractivity contribution is 6.42. The van der Waals surface area contributed by atoms with Gasteiger partial charge in [-0.15, -0.1) is 0 Å². The minimum absolute atomic E-state index is 0.0348. The van der Waals surface area contributed by atoms with Crippen LogP contribution in [0.5, 0.6) is 0 Å².